The highest BCUT2D eigenvalue weighted by molar-refractivity contribution is 5.84. The fraction of sp³-hybridized carbons (Fsp3) is 0.385. The molecule has 0 heterocycles. The van der Waals surface area contributed by atoms with E-state index in [1.54, 1.807) is 26.0 Å². The number of carbonyl (C=O) groups excluding carboxylic acids is 2. The molecule has 0 radical (unpaired) electrons. The summed E-state index contributed by atoms with van der Waals surface area (Å²) in [5.41, 5.74) is 12.3. The standard InChI is InChI=1S/C13H19N3O2/c1-9(2)13(18)16(8-12(15)17)7-10-4-3-5-11(14)6-10/h3-6,9H,7-8,14H2,1-2H3,(H2,15,17). The van der Waals surface area contributed by atoms with Gasteiger partial charge in [0.25, 0.3) is 0 Å². The molecule has 18 heavy (non-hydrogen) atoms. The molecule has 0 unspecified atom stereocenters. The molecule has 0 saturated heterocycles. The van der Waals surface area contributed by atoms with E-state index in [1.807, 2.05) is 12.1 Å². The normalized spacial score (nSPS) is 10.4. The average Bonchev–Trinajstić information content (AvgIpc) is 2.26. The first-order chi connectivity index (χ1) is 8.40. The summed E-state index contributed by atoms with van der Waals surface area (Å²) in [7, 11) is 0. The molecule has 2 amide bonds. The van der Waals surface area contributed by atoms with Crippen LogP contribution in [0.3, 0.4) is 0 Å². The Morgan fingerprint density at radius 2 is 2.00 bits per heavy atom. The minimum Gasteiger partial charge on any atom is -0.399 e. The van der Waals surface area contributed by atoms with E-state index in [1.165, 1.54) is 4.90 Å². The molecule has 0 atom stereocenters. The van der Waals surface area contributed by atoms with Crippen LogP contribution in [0.1, 0.15) is 19.4 Å². The van der Waals surface area contributed by atoms with Gasteiger partial charge < -0.3 is 16.4 Å². The molecule has 98 valence electrons. The molecule has 1 rings (SSSR count). The molecule has 1 aromatic carbocycles. The van der Waals surface area contributed by atoms with Crippen LogP contribution in [0.4, 0.5) is 5.69 Å². The van der Waals surface area contributed by atoms with Crippen molar-refractivity contribution in [2.24, 2.45) is 11.7 Å². The summed E-state index contributed by atoms with van der Waals surface area (Å²) in [5.74, 6) is -0.797. The number of rotatable bonds is 5. The number of amides is 2. The van der Waals surface area contributed by atoms with E-state index in [0.29, 0.717) is 12.2 Å². The van der Waals surface area contributed by atoms with Crippen molar-refractivity contribution < 1.29 is 9.59 Å². The van der Waals surface area contributed by atoms with E-state index in [4.69, 9.17) is 11.5 Å². The molecule has 0 fully saturated rings. The van der Waals surface area contributed by atoms with Gasteiger partial charge in [0.05, 0.1) is 6.54 Å². The molecule has 0 aliphatic carbocycles. The largest absolute Gasteiger partial charge is 0.399 e. The Labute approximate surface area is 107 Å². The molecule has 0 aliphatic rings. The number of primary amides is 1. The monoisotopic (exact) mass is 249 g/mol. The third kappa shape index (κ3) is 4.08. The summed E-state index contributed by atoms with van der Waals surface area (Å²) >= 11 is 0. The van der Waals surface area contributed by atoms with E-state index < -0.39 is 5.91 Å². The van der Waals surface area contributed by atoms with Crippen molar-refractivity contribution in [1.29, 1.82) is 0 Å². The Morgan fingerprint density at radius 3 is 2.50 bits per heavy atom. The van der Waals surface area contributed by atoms with Gasteiger partial charge in [-0.1, -0.05) is 26.0 Å². The average molecular weight is 249 g/mol. The zero-order valence-corrected chi connectivity index (χ0v) is 10.7. The second-order valence-corrected chi connectivity index (χ2v) is 4.56. The first-order valence-corrected chi connectivity index (χ1v) is 5.81. The Morgan fingerprint density at radius 1 is 1.33 bits per heavy atom. The van der Waals surface area contributed by atoms with Gasteiger partial charge in [0.2, 0.25) is 11.8 Å². The quantitative estimate of drug-likeness (QED) is 0.754. The zero-order chi connectivity index (χ0) is 13.7. The highest BCUT2D eigenvalue weighted by Gasteiger charge is 2.19. The Kier molecular flexibility index (Phi) is 4.71. The predicted molar refractivity (Wildman–Crippen MR) is 70.3 cm³/mol. The number of anilines is 1. The molecule has 0 bridgehead atoms. The molecule has 5 heteroatoms. The SMILES string of the molecule is CC(C)C(=O)N(CC(N)=O)Cc1cccc(N)c1. The van der Waals surface area contributed by atoms with Gasteiger partial charge in [-0.05, 0) is 17.7 Å². The number of hydrogen-bond donors (Lipinski definition) is 2. The number of benzene rings is 1. The first kappa shape index (κ1) is 14.0. The van der Waals surface area contributed by atoms with E-state index in [-0.39, 0.29) is 18.4 Å². The van der Waals surface area contributed by atoms with Crippen LogP contribution in [0.15, 0.2) is 24.3 Å². The van der Waals surface area contributed by atoms with Crippen LogP contribution < -0.4 is 11.5 Å². The van der Waals surface area contributed by atoms with Crippen molar-refractivity contribution in [2.45, 2.75) is 20.4 Å². The summed E-state index contributed by atoms with van der Waals surface area (Å²) < 4.78 is 0. The molecule has 1 aromatic rings. The number of hydrogen-bond acceptors (Lipinski definition) is 3. The number of nitrogens with zero attached hydrogens (tertiary/aromatic N) is 1. The Hall–Kier alpha value is -2.04. The van der Waals surface area contributed by atoms with Gasteiger partial charge in [-0.15, -0.1) is 0 Å². The van der Waals surface area contributed by atoms with Gasteiger partial charge in [-0.25, -0.2) is 0 Å². The zero-order valence-electron chi connectivity index (χ0n) is 10.7. The lowest BCUT2D eigenvalue weighted by Crippen LogP contribution is -2.40. The maximum atomic E-state index is 12.0. The van der Waals surface area contributed by atoms with Crippen molar-refractivity contribution in [3.05, 3.63) is 29.8 Å². The molecular formula is C13H19N3O2. The lowest BCUT2D eigenvalue weighted by Gasteiger charge is -2.23. The van der Waals surface area contributed by atoms with Crippen molar-refractivity contribution >= 4 is 17.5 Å². The van der Waals surface area contributed by atoms with Crippen LogP contribution in [0.2, 0.25) is 0 Å². The predicted octanol–water partition coefficient (Wildman–Crippen LogP) is 0.739. The van der Waals surface area contributed by atoms with Gasteiger partial charge in [-0.2, -0.15) is 0 Å². The van der Waals surface area contributed by atoms with Gasteiger partial charge in [0, 0.05) is 18.2 Å². The van der Waals surface area contributed by atoms with Crippen molar-refractivity contribution in [2.75, 3.05) is 12.3 Å². The van der Waals surface area contributed by atoms with Crippen LogP contribution in [0, 0.1) is 5.92 Å². The maximum absolute atomic E-state index is 12.0. The molecule has 5 nitrogen and oxygen atoms in total. The number of nitrogens with two attached hydrogens (primary N) is 2. The second kappa shape index (κ2) is 6.05. The minimum absolute atomic E-state index is 0.0776. The lowest BCUT2D eigenvalue weighted by molar-refractivity contribution is -0.138. The van der Waals surface area contributed by atoms with Crippen LogP contribution >= 0.6 is 0 Å². The van der Waals surface area contributed by atoms with Gasteiger partial charge in [0.15, 0.2) is 0 Å². The fourth-order valence-electron chi connectivity index (χ4n) is 1.68. The van der Waals surface area contributed by atoms with Gasteiger partial charge >= 0.3 is 0 Å². The summed E-state index contributed by atoms with van der Waals surface area (Å²) in [6, 6.07) is 7.22. The lowest BCUT2D eigenvalue weighted by atomic mass is 10.1. The maximum Gasteiger partial charge on any atom is 0.237 e. The summed E-state index contributed by atoms with van der Waals surface area (Å²) in [6.45, 7) is 3.84. The molecule has 0 saturated carbocycles. The van der Waals surface area contributed by atoms with E-state index in [0.717, 1.165) is 5.56 Å². The molecule has 0 aromatic heterocycles. The van der Waals surface area contributed by atoms with E-state index in [2.05, 4.69) is 0 Å². The van der Waals surface area contributed by atoms with Gasteiger partial charge in [-0.3, -0.25) is 9.59 Å². The molecule has 0 aliphatic heterocycles. The third-order valence-corrected chi connectivity index (χ3v) is 2.48. The fourth-order valence-corrected chi connectivity index (χ4v) is 1.68. The number of nitrogen functional groups attached to an aromatic ring is 1. The van der Waals surface area contributed by atoms with E-state index >= 15 is 0 Å². The van der Waals surface area contributed by atoms with E-state index in [9.17, 15) is 9.59 Å². The highest BCUT2D eigenvalue weighted by atomic mass is 16.2. The highest BCUT2D eigenvalue weighted by Crippen LogP contribution is 2.11. The van der Waals surface area contributed by atoms with Gasteiger partial charge in [0.1, 0.15) is 0 Å². The van der Waals surface area contributed by atoms with Crippen LogP contribution in [-0.4, -0.2) is 23.3 Å². The van der Waals surface area contributed by atoms with Crippen LogP contribution in [0.25, 0.3) is 0 Å². The molecule has 4 N–H and O–H groups in total. The van der Waals surface area contributed by atoms with Crippen molar-refractivity contribution in [3.63, 3.8) is 0 Å². The smallest absolute Gasteiger partial charge is 0.237 e. The molecular weight excluding hydrogens is 230 g/mol. The van der Waals surface area contributed by atoms with Crippen LogP contribution in [-0.2, 0) is 16.1 Å². The summed E-state index contributed by atoms with van der Waals surface area (Å²) in [4.78, 5) is 24.4. The second-order valence-electron chi connectivity index (χ2n) is 4.56. The Balaban J connectivity index is 2.84. The summed E-state index contributed by atoms with van der Waals surface area (Å²) in [5, 5.41) is 0. The van der Waals surface area contributed by atoms with Crippen LogP contribution in [0.5, 0.6) is 0 Å². The first-order valence-electron chi connectivity index (χ1n) is 5.81. The number of carbonyl (C=O) groups is 2. The molecule has 0 spiro atoms. The summed E-state index contributed by atoms with van der Waals surface area (Å²) in [6.07, 6.45) is 0. The Bertz CT molecular complexity index is 444. The van der Waals surface area contributed by atoms with Crippen molar-refractivity contribution in [3.8, 4) is 0 Å². The topological polar surface area (TPSA) is 89.4 Å². The minimum atomic E-state index is -0.520. The van der Waals surface area contributed by atoms with Crippen molar-refractivity contribution in [1.82, 2.24) is 4.90 Å². The third-order valence-electron chi connectivity index (χ3n) is 2.48.